The molecule has 2 aromatic rings. The van der Waals surface area contributed by atoms with Crippen LogP contribution in [0.5, 0.6) is 0 Å². The second-order valence-electron chi connectivity index (χ2n) is 7.09. The molecule has 0 aliphatic rings. The fourth-order valence-corrected chi connectivity index (χ4v) is 2.58. The molecule has 4 nitrogen and oxygen atoms in total. The number of aliphatic carboxylic acids is 1. The number of hydrogen-bond donors (Lipinski definition) is 1. The Hall–Kier alpha value is -2.62. The summed E-state index contributed by atoms with van der Waals surface area (Å²) >= 11 is 0. The Bertz CT molecular complexity index is 712. The Morgan fingerprint density at radius 3 is 2.04 bits per heavy atom. The van der Waals surface area contributed by atoms with Crippen LogP contribution in [0.2, 0.25) is 0 Å². The van der Waals surface area contributed by atoms with E-state index in [1.54, 1.807) is 20.8 Å². The van der Waals surface area contributed by atoms with Crippen LogP contribution >= 0.6 is 0 Å². The van der Waals surface area contributed by atoms with Crippen molar-refractivity contribution >= 4 is 11.9 Å². The summed E-state index contributed by atoms with van der Waals surface area (Å²) in [4.78, 5) is 23.4. The van der Waals surface area contributed by atoms with Gasteiger partial charge >= 0.3 is 11.9 Å². The molecule has 0 heterocycles. The van der Waals surface area contributed by atoms with Gasteiger partial charge in [0.2, 0.25) is 0 Å². The molecule has 0 saturated carbocycles. The monoisotopic (exact) mass is 340 g/mol. The van der Waals surface area contributed by atoms with Gasteiger partial charge in [-0.3, -0.25) is 9.59 Å². The molecule has 0 aliphatic heterocycles. The van der Waals surface area contributed by atoms with Crippen LogP contribution in [0, 0.1) is 5.92 Å². The van der Waals surface area contributed by atoms with Gasteiger partial charge in [-0.2, -0.15) is 0 Å². The van der Waals surface area contributed by atoms with E-state index >= 15 is 0 Å². The minimum atomic E-state index is -0.988. The fourth-order valence-electron chi connectivity index (χ4n) is 2.58. The maximum absolute atomic E-state index is 11.9. The first kappa shape index (κ1) is 18.7. The lowest BCUT2D eigenvalue weighted by Crippen LogP contribution is -2.28. The summed E-state index contributed by atoms with van der Waals surface area (Å²) in [6, 6.07) is 17.7. The average Bonchev–Trinajstić information content (AvgIpc) is 2.54. The molecule has 0 saturated heterocycles. The van der Waals surface area contributed by atoms with E-state index in [4.69, 9.17) is 4.74 Å². The van der Waals surface area contributed by atoms with Crippen molar-refractivity contribution in [2.45, 2.75) is 39.2 Å². The van der Waals surface area contributed by atoms with Crippen LogP contribution in [0.4, 0.5) is 0 Å². The fraction of sp³-hybridized carbons (Fsp3) is 0.333. The second kappa shape index (κ2) is 7.97. The summed E-state index contributed by atoms with van der Waals surface area (Å²) in [7, 11) is 0. The minimum Gasteiger partial charge on any atom is -0.481 e. The molecule has 1 N–H and O–H groups in total. The van der Waals surface area contributed by atoms with E-state index in [0.717, 1.165) is 16.7 Å². The van der Waals surface area contributed by atoms with Gasteiger partial charge in [0.1, 0.15) is 5.60 Å². The molecular formula is C21H24O4. The Morgan fingerprint density at radius 2 is 1.52 bits per heavy atom. The molecule has 0 amide bonds. The van der Waals surface area contributed by atoms with Crippen molar-refractivity contribution in [1.82, 2.24) is 0 Å². The zero-order chi connectivity index (χ0) is 18.4. The lowest BCUT2D eigenvalue weighted by Gasteiger charge is -2.21. The second-order valence-corrected chi connectivity index (χ2v) is 7.09. The lowest BCUT2D eigenvalue weighted by atomic mass is 9.94. The summed E-state index contributed by atoms with van der Waals surface area (Å²) in [5.41, 5.74) is 2.45. The normalized spacial score (nSPS) is 12.4. The third-order valence-electron chi connectivity index (χ3n) is 3.73. The van der Waals surface area contributed by atoms with Crippen LogP contribution in [-0.4, -0.2) is 22.6 Å². The molecule has 1 atom stereocenters. The van der Waals surface area contributed by atoms with E-state index in [9.17, 15) is 14.7 Å². The molecule has 0 aromatic heterocycles. The van der Waals surface area contributed by atoms with Crippen molar-refractivity contribution in [3.63, 3.8) is 0 Å². The number of carboxylic acid groups (broad SMARTS) is 1. The largest absolute Gasteiger partial charge is 0.481 e. The average molecular weight is 340 g/mol. The van der Waals surface area contributed by atoms with E-state index < -0.39 is 23.5 Å². The summed E-state index contributed by atoms with van der Waals surface area (Å²) < 4.78 is 5.23. The van der Waals surface area contributed by atoms with Gasteiger partial charge in [0.05, 0.1) is 12.3 Å². The van der Waals surface area contributed by atoms with Gasteiger partial charge in [-0.25, -0.2) is 0 Å². The van der Waals surface area contributed by atoms with Gasteiger partial charge in [0, 0.05) is 0 Å². The van der Waals surface area contributed by atoms with Gasteiger partial charge in [-0.15, -0.1) is 0 Å². The smallest absolute Gasteiger partial charge is 0.307 e. The van der Waals surface area contributed by atoms with E-state index in [1.165, 1.54) is 0 Å². The number of carboxylic acids is 1. The van der Waals surface area contributed by atoms with Crippen LogP contribution in [0.3, 0.4) is 0 Å². The number of carbonyl (C=O) groups excluding carboxylic acids is 1. The molecule has 132 valence electrons. The molecule has 0 aliphatic carbocycles. The minimum absolute atomic E-state index is 0.132. The van der Waals surface area contributed by atoms with Crippen molar-refractivity contribution in [3.8, 4) is 11.1 Å². The van der Waals surface area contributed by atoms with Crippen LogP contribution in [0.1, 0.15) is 32.8 Å². The number of carbonyl (C=O) groups is 2. The van der Waals surface area contributed by atoms with Crippen LogP contribution in [0.15, 0.2) is 54.6 Å². The first-order chi connectivity index (χ1) is 11.7. The Morgan fingerprint density at radius 1 is 0.960 bits per heavy atom. The van der Waals surface area contributed by atoms with Crippen LogP contribution in [0.25, 0.3) is 11.1 Å². The molecule has 2 rings (SSSR count). The van der Waals surface area contributed by atoms with E-state index in [0.29, 0.717) is 6.42 Å². The Kier molecular flexibility index (Phi) is 5.97. The Balaban J connectivity index is 2.04. The molecule has 25 heavy (non-hydrogen) atoms. The van der Waals surface area contributed by atoms with Gasteiger partial charge in [-0.05, 0) is 43.9 Å². The van der Waals surface area contributed by atoms with Gasteiger partial charge in [0.25, 0.3) is 0 Å². The van der Waals surface area contributed by atoms with Gasteiger partial charge in [-0.1, -0.05) is 54.6 Å². The summed E-state index contributed by atoms with van der Waals surface area (Å²) in [5, 5.41) is 9.41. The number of benzene rings is 2. The quantitative estimate of drug-likeness (QED) is 0.795. The van der Waals surface area contributed by atoms with Crippen molar-refractivity contribution in [1.29, 1.82) is 0 Å². The molecule has 0 spiro atoms. The number of ether oxygens (including phenoxy) is 1. The maximum Gasteiger partial charge on any atom is 0.307 e. The highest BCUT2D eigenvalue weighted by Crippen LogP contribution is 2.22. The summed E-state index contributed by atoms with van der Waals surface area (Å²) in [6.07, 6.45) is 0.163. The molecule has 2 aromatic carbocycles. The highest BCUT2D eigenvalue weighted by molar-refractivity contribution is 5.79. The predicted molar refractivity (Wildman–Crippen MR) is 97.2 cm³/mol. The van der Waals surface area contributed by atoms with Gasteiger partial charge in [0.15, 0.2) is 0 Å². The van der Waals surface area contributed by atoms with Crippen LogP contribution in [-0.2, 0) is 20.7 Å². The topological polar surface area (TPSA) is 63.6 Å². The van der Waals surface area contributed by atoms with E-state index in [2.05, 4.69) is 0 Å². The third-order valence-corrected chi connectivity index (χ3v) is 3.73. The van der Waals surface area contributed by atoms with Crippen LogP contribution < -0.4 is 0 Å². The Labute approximate surface area is 148 Å². The highest BCUT2D eigenvalue weighted by Gasteiger charge is 2.25. The molecule has 0 fully saturated rings. The highest BCUT2D eigenvalue weighted by atomic mass is 16.6. The zero-order valence-electron chi connectivity index (χ0n) is 14.9. The number of hydrogen-bond acceptors (Lipinski definition) is 3. The van der Waals surface area contributed by atoms with Crippen molar-refractivity contribution in [2.24, 2.45) is 5.92 Å². The van der Waals surface area contributed by atoms with Gasteiger partial charge < -0.3 is 9.84 Å². The maximum atomic E-state index is 11.9. The molecule has 0 radical (unpaired) electrons. The third kappa shape index (κ3) is 6.07. The SMILES string of the molecule is CC(C)(C)OC(=O)C[C@@H](Cc1ccc(-c2ccccc2)cc1)C(=O)O. The summed E-state index contributed by atoms with van der Waals surface area (Å²) in [5.74, 6) is -2.27. The molecule has 0 bridgehead atoms. The van der Waals surface area contributed by atoms with Crippen molar-refractivity contribution in [2.75, 3.05) is 0 Å². The lowest BCUT2D eigenvalue weighted by molar-refractivity contribution is -0.159. The molecule has 0 unspecified atom stereocenters. The predicted octanol–water partition coefficient (Wildman–Crippen LogP) is 4.33. The van der Waals surface area contributed by atoms with E-state index in [-0.39, 0.29) is 6.42 Å². The van der Waals surface area contributed by atoms with Crippen molar-refractivity contribution < 1.29 is 19.4 Å². The van der Waals surface area contributed by atoms with Crippen molar-refractivity contribution in [3.05, 3.63) is 60.2 Å². The first-order valence-electron chi connectivity index (χ1n) is 8.33. The standard InChI is InChI=1S/C21H24O4/c1-21(2,3)25-19(22)14-18(20(23)24)13-15-9-11-17(12-10-15)16-7-5-4-6-8-16/h4-12,18H,13-14H2,1-3H3,(H,23,24)/t18-/m1/s1. The number of rotatable bonds is 6. The summed E-state index contributed by atoms with van der Waals surface area (Å²) in [6.45, 7) is 5.30. The first-order valence-corrected chi connectivity index (χ1v) is 8.33. The molecule has 4 heteroatoms. The number of esters is 1. The zero-order valence-corrected chi connectivity index (χ0v) is 14.9. The van der Waals surface area contributed by atoms with E-state index in [1.807, 2.05) is 54.6 Å². The molecular weight excluding hydrogens is 316 g/mol.